The van der Waals surface area contributed by atoms with E-state index in [2.05, 4.69) is 16.8 Å². The van der Waals surface area contributed by atoms with E-state index >= 15 is 0 Å². The summed E-state index contributed by atoms with van der Waals surface area (Å²) in [6.07, 6.45) is 1.19. The molecule has 2 rings (SSSR count). The fourth-order valence-corrected chi connectivity index (χ4v) is 2.07. The SMILES string of the molecule is OC[C@@H]1C[C@H]1c1ccsc1. The molecule has 0 bridgehead atoms. The summed E-state index contributed by atoms with van der Waals surface area (Å²) >= 11 is 1.74. The highest BCUT2D eigenvalue weighted by Gasteiger charge is 2.37. The predicted octanol–water partition coefficient (Wildman–Crippen LogP) is 1.84. The van der Waals surface area contributed by atoms with Crippen LogP contribution in [0.4, 0.5) is 0 Å². The minimum Gasteiger partial charge on any atom is -0.396 e. The Bertz CT molecular complexity index is 205. The van der Waals surface area contributed by atoms with Gasteiger partial charge in [-0.05, 0) is 40.6 Å². The molecule has 0 amide bonds. The third-order valence-electron chi connectivity index (χ3n) is 2.13. The smallest absolute Gasteiger partial charge is 0.0465 e. The molecular weight excluding hydrogens is 144 g/mol. The van der Waals surface area contributed by atoms with Gasteiger partial charge in [0.25, 0.3) is 0 Å². The average molecular weight is 154 g/mol. The molecule has 1 heterocycles. The zero-order chi connectivity index (χ0) is 6.97. The first-order valence-corrected chi connectivity index (χ1v) is 4.49. The van der Waals surface area contributed by atoms with E-state index in [0.717, 1.165) is 0 Å². The molecule has 1 fully saturated rings. The lowest BCUT2D eigenvalue weighted by atomic mass is 10.2. The topological polar surface area (TPSA) is 20.2 Å². The summed E-state index contributed by atoms with van der Waals surface area (Å²) in [5.74, 6) is 1.24. The molecule has 0 radical (unpaired) electrons. The van der Waals surface area contributed by atoms with Gasteiger partial charge in [-0.1, -0.05) is 0 Å². The molecule has 1 aliphatic rings. The van der Waals surface area contributed by atoms with Crippen LogP contribution in [0.15, 0.2) is 16.8 Å². The Hall–Kier alpha value is -0.340. The monoisotopic (exact) mass is 154 g/mol. The van der Waals surface area contributed by atoms with Crippen molar-refractivity contribution in [2.75, 3.05) is 6.61 Å². The van der Waals surface area contributed by atoms with Gasteiger partial charge in [0.05, 0.1) is 0 Å². The van der Waals surface area contributed by atoms with Crippen LogP contribution in [0, 0.1) is 5.92 Å². The van der Waals surface area contributed by atoms with Gasteiger partial charge in [0.1, 0.15) is 0 Å². The minimum absolute atomic E-state index is 0.362. The van der Waals surface area contributed by atoms with E-state index in [-0.39, 0.29) is 0 Å². The number of hydrogen-bond donors (Lipinski definition) is 1. The van der Waals surface area contributed by atoms with E-state index in [0.29, 0.717) is 18.4 Å². The quantitative estimate of drug-likeness (QED) is 0.689. The fourth-order valence-electron chi connectivity index (χ4n) is 1.34. The molecule has 54 valence electrons. The van der Waals surface area contributed by atoms with Gasteiger partial charge in [0.2, 0.25) is 0 Å². The van der Waals surface area contributed by atoms with Crippen molar-refractivity contribution in [2.24, 2.45) is 5.92 Å². The standard InChI is InChI=1S/C8H10OS/c9-4-7-3-8(7)6-1-2-10-5-6/h1-2,5,7-9H,3-4H2/t7-,8-/m0/s1. The molecule has 2 atom stereocenters. The molecule has 1 aromatic heterocycles. The molecule has 0 aliphatic heterocycles. The summed E-state index contributed by atoms with van der Waals surface area (Å²) in [6, 6.07) is 2.16. The maximum atomic E-state index is 8.78. The number of rotatable bonds is 2. The summed E-state index contributed by atoms with van der Waals surface area (Å²) in [5.41, 5.74) is 1.42. The molecule has 1 nitrogen and oxygen atoms in total. The lowest BCUT2D eigenvalue weighted by Gasteiger charge is -1.89. The molecule has 0 aromatic carbocycles. The number of aliphatic hydroxyl groups is 1. The van der Waals surface area contributed by atoms with Crippen LogP contribution in [0.3, 0.4) is 0 Å². The van der Waals surface area contributed by atoms with Crippen LogP contribution in [-0.2, 0) is 0 Å². The summed E-state index contributed by atoms with van der Waals surface area (Å²) in [4.78, 5) is 0. The molecule has 1 N–H and O–H groups in total. The molecule has 1 aliphatic carbocycles. The summed E-state index contributed by atoms with van der Waals surface area (Å²) in [7, 11) is 0. The highest BCUT2D eigenvalue weighted by Crippen LogP contribution is 2.47. The number of thiophene rings is 1. The average Bonchev–Trinajstić information content (AvgIpc) is 2.56. The van der Waals surface area contributed by atoms with E-state index in [1.807, 2.05) is 0 Å². The third-order valence-corrected chi connectivity index (χ3v) is 2.83. The maximum absolute atomic E-state index is 8.78. The van der Waals surface area contributed by atoms with Crippen LogP contribution in [-0.4, -0.2) is 11.7 Å². The predicted molar refractivity (Wildman–Crippen MR) is 42.3 cm³/mol. The minimum atomic E-state index is 0.362. The Labute approximate surface area is 64.3 Å². The van der Waals surface area contributed by atoms with Crippen LogP contribution < -0.4 is 0 Å². The summed E-state index contributed by atoms with van der Waals surface area (Å²) < 4.78 is 0. The molecule has 2 heteroatoms. The van der Waals surface area contributed by atoms with E-state index < -0.39 is 0 Å². The zero-order valence-electron chi connectivity index (χ0n) is 5.66. The Morgan fingerprint density at radius 3 is 3.10 bits per heavy atom. The summed E-state index contributed by atoms with van der Waals surface area (Å²) in [5, 5.41) is 13.1. The molecule has 1 saturated carbocycles. The van der Waals surface area contributed by atoms with E-state index in [9.17, 15) is 0 Å². The highest BCUT2D eigenvalue weighted by atomic mass is 32.1. The Morgan fingerprint density at radius 2 is 2.60 bits per heavy atom. The lowest BCUT2D eigenvalue weighted by molar-refractivity contribution is 0.274. The van der Waals surface area contributed by atoms with E-state index in [1.165, 1.54) is 12.0 Å². The van der Waals surface area contributed by atoms with Crippen molar-refractivity contribution in [3.63, 3.8) is 0 Å². The van der Waals surface area contributed by atoms with Crippen molar-refractivity contribution in [3.8, 4) is 0 Å². The van der Waals surface area contributed by atoms with Gasteiger partial charge in [0, 0.05) is 6.61 Å². The van der Waals surface area contributed by atoms with Gasteiger partial charge in [-0.3, -0.25) is 0 Å². The maximum Gasteiger partial charge on any atom is 0.0465 e. The second-order valence-electron chi connectivity index (χ2n) is 2.84. The largest absolute Gasteiger partial charge is 0.396 e. The second-order valence-corrected chi connectivity index (χ2v) is 3.62. The van der Waals surface area contributed by atoms with Crippen molar-refractivity contribution >= 4 is 11.3 Å². The second kappa shape index (κ2) is 2.36. The van der Waals surface area contributed by atoms with Crippen LogP contribution >= 0.6 is 11.3 Å². The van der Waals surface area contributed by atoms with Gasteiger partial charge in [-0.2, -0.15) is 11.3 Å². The highest BCUT2D eigenvalue weighted by molar-refractivity contribution is 7.08. The van der Waals surface area contributed by atoms with Gasteiger partial charge in [-0.25, -0.2) is 0 Å². The molecule has 10 heavy (non-hydrogen) atoms. The molecule has 1 aromatic rings. The van der Waals surface area contributed by atoms with E-state index in [4.69, 9.17) is 5.11 Å². The normalized spacial score (nSPS) is 30.5. The molecular formula is C8H10OS. The molecule has 0 saturated heterocycles. The number of hydrogen-bond acceptors (Lipinski definition) is 2. The van der Waals surface area contributed by atoms with Crippen molar-refractivity contribution in [1.29, 1.82) is 0 Å². The lowest BCUT2D eigenvalue weighted by Crippen LogP contribution is -1.86. The van der Waals surface area contributed by atoms with Crippen LogP contribution in [0.2, 0.25) is 0 Å². The first-order valence-electron chi connectivity index (χ1n) is 3.55. The Balaban J connectivity index is 2.05. The van der Waals surface area contributed by atoms with Crippen molar-refractivity contribution in [3.05, 3.63) is 22.4 Å². The Kier molecular flexibility index (Phi) is 1.51. The zero-order valence-corrected chi connectivity index (χ0v) is 6.47. The Morgan fingerprint density at radius 1 is 1.70 bits per heavy atom. The van der Waals surface area contributed by atoms with Gasteiger partial charge in [0.15, 0.2) is 0 Å². The van der Waals surface area contributed by atoms with Gasteiger partial charge >= 0.3 is 0 Å². The van der Waals surface area contributed by atoms with Crippen molar-refractivity contribution < 1.29 is 5.11 Å². The van der Waals surface area contributed by atoms with Crippen LogP contribution in [0.1, 0.15) is 17.9 Å². The van der Waals surface area contributed by atoms with Crippen LogP contribution in [0.25, 0.3) is 0 Å². The third kappa shape index (κ3) is 0.976. The molecule has 0 spiro atoms. The van der Waals surface area contributed by atoms with Gasteiger partial charge in [-0.15, -0.1) is 0 Å². The van der Waals surface area contributed by atoms with E-state index in [1.54, 1.807) is 11.3 Å². The van der Waals surface area contributed by atoms with Crippen molar-refractivity contribution in [2.45, 2.75) is 12.3 Å². The van der Waals surface area contributed by atoms with Crippen molar-refractivity contribution in [1.82, 2.24) is 0 Å². The van der Waals surface area contributed by atoms with Crippen LogP contribution in [0.5, 0.6) is 0 Å². The first-order chi connectivity index (χ1) is 4.92. The summed E-state index contributed by atoms with van der Waals surface area (Å²) in [6.45, 7) is 0.362. The molecule has 0 unspecified atom stereocenters. The number of aliphatic hydroxyl groups excluding tert-OH is 1. The first kappa shape index (κ1) is 6.38. The fraction of sp³-hybridized carbons (Fsp3) is 0.500. The van der Waals surface area contributed by atoms with Gasteiger partial charge < -0.3 is 5.11 Å².